The minimum atomic E-state index is -1.10. The lowest BCUT2D eigenvalue weighted by Crippen LogP contribution is -2.46. The van der Waals surface area contributed by atoms with E-state index in [1.807, 2.05) is 19.1 Å². The van der Waals surface area contributed by atoms with E-state index >= 15 is 0 Å². The van der Waals surface area contributed by atoms with Crippen LogP contribution < -0.4 is 4.90 Å². The molecule has 0 spiro atoms. The molecule has 1 aliphatic carbocycles. The first-order valence-corrected chi connectivity index (χ1v) is 13.3. The van der Waals surface area contributed by atoms with Crippen LogP contribution in [0.3, 0.4) is 0 Å². The molecule has 2 saturated heterocycles. The van der Waals surface area contributed by atoms with Gasteiger partial charge in [0.15, 0.2) is 0 Å². The van der Waals surface area contributed by atoms with Crippen LogP contribution in [0.25, 0.3) is 11.0 Å². The van der Waals surface area contributed by atoms with Crippen LogP contribution in [0.5, 0.6) is 0 Å². The van der Waals surface area contributed by atoms with Gasteiger partial charge in [-0.05, 0) is 81.3 Å². The summed E-state index contributed by atoms with van der Waals surface area (Å²) in [5.41, 5.74) is 1.89. The normalized spacial score (nSPS) is 23.3. The minimum Gasteiger partial charge on any atom is -0.512 e. The summed E-state index contributed by atoms with van der Waals surface area (Å²) in [5.74, 6) is -2.97. The third-order valence-electron chi connectivity index (χ3n) is 8.37. The Bertz CT molecular complexity index is 1470. The summed E-state index contributed by atoms with van der Waals surface area (Å²) in [6.45, 7) is 1.89. The Balaban J connectivity index is 1.20. The molecule has 2 unspecified atom stereocenters. The predicted molar refractivity (Wildman–Crippen MR) is 142 cm³/mol. The van der Waals surface area contributed by atoms with E-state index in [0.29, 0.717) is 5.58 Å². The molecular weight excluding hydrogens is 506 g/mol. The standard InChI is InChI=1S/C30H30F2N2O5/c1-15-20-13-26(30(36)37)39-25(20)10-9-24(15)34-17-7-8-18(34)12-19(11-17)38-14-21(29(35)16-5-6-16)28(33)27-22(31)3-2-4-23(27)32/h2-4,9-10,13,16-19,33,35H,5-8,11-12,14H2,1H3,(H,36,37)/b29-21-,33-28?/t17-,18?,19?/m0/s1. The van der Waals surface area contributed by atoms with E-state index < -0.39 is 23.2 Å². The third-order valence-corrected chi connectivity index (χ3v) is 8.37. The number of carbonyl (C=O) groups is 1. The molecule has 7 nitrogen and oxygen atoms in total. The maximum atomic E-state index is 14.5. The number of anilines is 1. The number of benzene rings is 2. The average molecular weight is 537 g/mol. The second-order valence-corrected chi connectivity index (χ2v) is 10.8. The van der Waals surface area contributed by atoms with E-state index in [1.165, 1.54) is 6.07 Å². The molecule has 2 bridgehead atoms. The number of ether oxygens (including phenoxy) is 1. The highest BCUT2D eigenvalue weighted by molar-refractivity contribution is 6.11. The second kappa shape index (κ2) is 9.79. The van der Waals surface area contributed by atoms with Gasteiger partial charge in [-0.3, -0.25) is 5.41 Å². The fraction of sp³-hybridized carbons (Fsp3) is 0.400. The van der Waals surface area contributed by atoms with Gasteiger partial charge in [0.2, 0.25) is 5.76 Å². The van der Waals surface area contributed by atoms with E-state index in [2.05, 4.69) is 4.90 Å². The lowest BCUT2D eigenvalue weighted by molar-refractivity contribution is 0.0409. The van der Waals surface area contributed by atoms with Crippen LogP contribution in [0.2, 0.25) is 0 Å². The minimum absolute atomic E-state index is 0.00664. The van der Waals surface area contributed by atoms with Gasteiger partial charge in [-0.25, -0.2) is 13.6 Å². The molecule has 3 aromatic rings. The molecule has 3 N–H and O–H groups in total. The average Bonchev–Trinajstić information content (AvgIpc) is 3.60. The largest absolute Gasteiger partial charge is 0.512 e. The fourth-order valence-corrected chi connectivity index (χ4v) is 6.25. The summed E-state index contributed by atoms with van der Waals surface area (Å²) in [6, 6.07) is 9.27. The second-order valence-electron chi connectivity index (χ2n) is 10.8. The van der Waals surface area contributed by atoms with Crippen molar-refractivity contribution in [1.82, 2.24) is 0 Å². The van der Waals surface area contributed by atoms with Crippen LogP contribution >= 0.6 is 0 Å². The summed E-state index contributed by atoms with van der Waals surface area (Å²) in [5, 5.41) is 29.5. The van der Waals surface area contributed by atoms with Crippen molar-refractivity contribution in [1.29, 1.82) is 5.41 Å². The van der Waals surface area contributed by atoms with Gasteiger partial charge in [0.25, 0.3) is 0 Å². The Hall–Kier alpha value is -3.72. The van der Waals surface area contributed by atoms with Crippen LogP contribution in [0.15, 0.2) is 52.1 Å². The van der Waals surface area contributed by atoms with Gasteiger partial charge >= 0.3 is 5.97 Å². The molecule has 3 aliphatic rings. The zero-order chi connectivity index (χ0) is 27.4. The predicted octanol–water partition coefficient (Wildman–Crippen LogP) is 6.52. The number of furan rings is 1. The van der Waals surface area contributed by atoms with Crippen LogP contribution in [-0.4, -0.2) is 46.7 Å². The van der Waals surface area contributed by atoms with Crippen LogP contribution in [0, 0.1) is 29.9 Å². The number of aryl methyl sites for hydroxylation is 1. The number of fused-ring (bicyclic) bond motifs is 3. The van der Waals surface area contributed by atoms with Crippen molar-refractivity contribution in [2.75, 3.05) is 11.5 Å². The number of aromatic carboxylic acids is 1. The molecule has 3 heterocycles. The van der Waals surface area contributed by atoms with Crippen molar-refractivity contribution < 1.29 is 32.9 Å². The van der Waals surface area contributed by atoms with E-state index in [4.69, 9.17) is 14.6 Å². The van der Waals surface area contributed by atoms with Crippen molar-refractivity contribution in [3.8, 4) is 0 Å². The molecule has 0 radical (unpaired) electrons. The molecule has 1 saturated carbocycles. The molecule has 9 heteroatoms. The van der Waals surface area contributed by atoms with Crippen LogP contribution in [-0.2, 0) is 4.74 Å². The lowest BCUT2D eigenvalue weighted by atomic mass is 9.96. The molecule has 3 fully saturated rings. The Kier molecular flexibility index (Phi) is 6.41. The third kappa shape index (κ3) is 4.58. The highest BCUT2D eigenvalue weighted by atomic mass is 19.1. The van der Waals surface area contributed by atoms with Crippen molar-refractivity contribution in [3.05, 3.63) is 76.3 Å². The molecule has 204 valence electrons. The summed E-state index contributed by atoms with van der Waals surface area (Å²) in [7, 11) is 0. The van der Waals surface area contributed by atoms with Gasteiger partial charge in [0.1, 0.15) is 23.0 Å². The highest BCUT2D eigenvalue weighted by Crippen LogP contribution is 2.43. The molecule has 39 heavy (non-hydrogen) atoms. The number of rotatable bonds is 8. The van der Waals surface area contributed by atoms with E-state index in [1.54, 1.807) is 6.07 Å². The van der Waals surface area contributed by atoms with E-state index in [9.17, 15) is 23.8 Å². The van der Waals surface area contributed by atoms with Gasteiger partial charge < -0.3 is 24.3 Å². The number of nitrogens with one attached hydrogen (secondary N) is 1. The first kappa shape index (κ1) is 25.6. The molecule has 2 aromatic carbocycles. The van der Waals surface area contributed by atoms with Gasteiger partial charge in [-0.2, -0.15) is 0 Å². The molecule has 3 atom stereocenters. The summed E-state index contributed by atoms with van der Waals surface area (Å²) in [6.07, 6.45) is 4.87. The highest BCUT2D eigenvalue weighted by Gasteiger charge is 2.42. The van der Waals surface area contributed by atoms with Gasteiger partial charge in [-0.1, -0.05) is 6.07 Å². The molecule has 6 rings (SSSR count). The number of carboxylic acid groups (broad SMARTS) is 1. The number of hydrogen-bond donors (Lipinski definition) is 3. The van der Waals surface area contributed by atoms with Gasteiger partial charge in [0, 0.05) is 34.6 Å². The number of aliphatic hydroxyl groups excluding tert-OH is 1. The molecule has 2 aliphatic heterocycles. The van der Waals surface area contributed by atoms with E-state index in [-0.39, 0.29) is 53.5 Å². The smallest absolute Gasteiger partial charge is 0.371 e. The Morgan fingerprint density at radius 3 is 2.36 bits per heavy atom. The Morgan fingerprint density at radius 1 is 1.08 bits per heavy atom. The molecule has 0 amide bonds. The number of carboxylic acids is 1. The maximum Gasteiger partial charge on any atom is 0.371 e. The topological polar surface area (TPSA) is 107 Å². The Labute approximate surface area is 224 Å². The quantitative estimate of drug-likeness (QED) is 0.223. The summed E-state index contributed by atoms with van der Waals surface area (Å²) < 4.78 is 40.6. The maximum absolute atomic E-state index is 14.5. The zero-order valence-corrected chi connectivity index (χ0v) is 21.5. The van der Waals surface area contributed by atoms with Crippen molar-refractivity contribution in [3.63, 3.8) is 0 Å². The number of piperidine rings is 1. The zero-order valence-electron chi connectivity index (χ0n) is 21.5. The van der Waals surface area contributed by atoms with Crippen molar-refractivity contribution in [2.24, 2.45) is 5.92 Å². The SMILES string of the molecule is Cc1c(N2C3CC[C@H]2CC(OC/C(C(=N)c2c(F)cccc2F)=C(/O)C2CC2)C3)ccc2oc(C(=O)O)cc12. The van der Waals surface area contributed by atoms with Gasteiger partial charge in [-0.15, -0.1) is 0 Å². The monoisotopic (exact) mass is 536 g/mol. The number of hydrogen-bond acceptors (Lipinski definition) is 6. The summed E-state index contributed by atoms with van der Waals surface area (Å²) >= 11 is 0. The van der Waals surface area contributed by atoms with Crippen molar-refractivity contribution >= 4 is 28.3 Å². The number of nitrogens with zero attached hydrogens (tertiary/aromatic N) is 1. The molecular formula is C30H30F2N2O5. The van der Waals surface area contributed by atoms with Crippen LogP contribution in [0.1, 0.15) is 60.2 Å². The summed E-state index contributed by atoms with van der Waals surface area (Å²) in [4.78, 5) is 13.8. The lowest BCUT2D eigenvalue weighted by Gasteiger charge is -2.41. The Morgan fingerprint density at radius 2 is 1.74 bits per heavy atom. The molecule has 1 aromatic heterocycles. The van der Waals surface area contributed by atoms with E-state index in [0.717, 1.165) is 67.3 Å². The fourth-order valence-electron chi connectivity index (χ4n) is 6.25. The number of allylic oxidation sites excluding steroid dienone is 1. The van der Waals surface area contributed by atoms with Crippen molar-refractivity contribution in [2.45, 2.75) is 63.6 Å². The number of aliphatic hydroxyl groups is 1. The first-order valence-electron chi connectivity index (χ1n) is 13.3. The van der Waals surface area contributed by atoms with Crippen LogP contribution in [0.4, 0.5) is 14.5 Å². The van der Waals surface area contributed by atoms with Gasteiger partial charge in [0.05, 0.1) is 24.0 Å². The number of halogens is 2. The first-order chi connectivity index (χ1) is 18.7.